The molecule has 3 rings (SSSR count). The van der Waals surface area contributed by atoms with E-state index in [9.17, 15) is 9.59 Å². The molecule has 0 bridgehead atoms. The Morgan fingerprint density at radius 1 is 1.07 bits per heavy atom. The van der Waals surface area contributed by atoms with Crippen molar-refractivity contribution in [1.29, 1.82) is 0 Å². The zero-order chi connectivity index (χ0) is 20.8. The Balaban J connectivity index is 1.78. The van der Waals surface area contributed by atoms with E-state index in [1.54, 1.807) is 56.5 Å². The van der Waals surface area contributed by atoms with Gasteiger partial charge in [0.2, 0.25) is 11.2 Å². The summed E-state index contributed by atoms with van der Waals surface area (Å²) in [5, 5.41) is 0.338. The number of benzene rings is 2. The van der Waals surface area contributed by atoms with Crippen molar-refractivity contribution in [1.82, 2.24) is 0 Å². The summed E-state index contributed by atoms with van der Waals surface area (Å²) in [6.45, 7) is 3.86. The highest BCUT2D eigenvalue weighted by atomic mass is 16.6. The molecule has 0 amide bonds. The molecule has 0 N–H and O–H groups in total. The van der Waals surface area contributed by atoms with Gasteiger partial charge in [-0.1, -0.05) is 6.92 Å². The summed E-state index contributed by atoms with van der Waals surface area (Å²) in [6.07, 6.45) is 1.21. The minimum Gasteiger partial charge on any atom is -0.497 e. The molecule has 0 unspecified atom stereocenters. The summed E-state index contributed by atoms with van der Waals surface area (Å²) >= 11 is 0. The molecule has 3 aromatic rings. The quantitative estimate of drug-likeness (QED) is 0.523. The number of fused-ring (bicyclic) bond motifs is 1. The highest BCUT2D eigenvalue weighted by Gasteiger charge is 2.17. The van der Waals surface area contributed by atoms with E-state index >= 15 is 0 Å². The minimum atomic E-state index is -0.775. The van der Waals surface area contributed by atoms with Gasteiger partial charge in [0.15, 0.2) is 6.10 Å². The zero-order valence-corrected chi connectivity index (χ0v) is 16.5. The lowest BCUT2D eigenvalue weighted by Gasteiger charge is -2.14. The molecule has 7 nitrogen and oxygen atoms in total. The van der Waals surface area contributed by atoms with Crippen LogP contribution in [0.15, 0.2) is 57.9 Å². The smallest absolute Gasteiger partial charge is 0.347 e. The first kappa shape index (κ1) is 20.3. The van der Waals surface area contributed by atoms with Gasteiger partial charge in [-0.25, -0.2) is 4.79 Å². The Bertz CT molecular complexity index is 1040. The summed E-state index contributed by atoms with van der Waals surface area (Å²) in [5.41, 5.74) is 0.00716. The van der Waals surface area contributed by atoms with Crippen molar-refractivity contribution < 1.29 is 28.2 Å². The Labute approximate surface area is 167 Å². The molecule has 0 aliphatic rings. The molecule has 0 saturated heterocycles. The highest BCUT2D eigenvalue weighted by Crippen LogP contribution is 2.25. The van der Waals surface area contributed by atoms with Crippen LogP contribution in [0.25, 0.3) is 11.0 Å². The van der Waals surface area contributed by atoms with E-state index in [-0.39, 0.29) is 11.2 Å². The third kappa shape index (κ3) is 4.87. The van der Waals surface area contributed by atoms with Crippen molar-refractivity contribution in [2.75, 3.05) is 13.7 Å². The number of methoxy groups -OCH3 is 1. The average molecular weight is 398 g/mol. The first-order chi connectivity index (χ1) is 14.0. The van der Waals surface area contributed by atoms with Gasteiger partial charge in [-0.3, -0.25) is 4.79 Å². The van der Waals surface area contributed by atoms with Gasteiger partial charge in [-0.05, 0) is 49.7 Å². The molecule has 1 aromatic heterocycles. The van der Waals surface area contributed by atoms with Crippen LogP contribution in [-0.4, -0.2) is 25.8 Å². The minimum absolute atomic E-state index is 0.0628. The van der Waals surface area contributed by atoms with Crippen LogP contribution in [0.1, 0.15) is 20.3 Å². The SMILES string of the molecule is CCCOC(=O)[C@@H](C)Oc1ccc2c(=O)c(Oc3ccc(OC)cc3)coc2c1. The van der Waals surface area contributed by atoms with E-state index < -0.39 is 12.1 Å². The van der Waals surface area contributed by atoms with E-state index in [0.29, 0.717) is 34.8 Å². The average Bonchev–Trinajstić information content (AvgIpc) is 2.74. The maximum absolute atomic E-state index is 12.7. The summed E-state index contributed by atoms with van der Waals surface area (Å²) in [5.74, 6) is 1.18. The van der Waals surface area contributed by atoms with Crippen molar-refractivity contribution in [2.45, 2.75) is 26.4 Å². The fourth-order valence-electron chi connectivity index (χ4n) is 2.58. The number of hydrogen-bond acceptors (Lipinski definition) is 7. The number of carbonyl (C=O) groups is 1. The lowest BCUT2D eigenvalue weighted by atomic mass is 10.2. The Morgan fingerprint density at radius 2 is 1.76 bits per heavy atom. The topological polar surface area (TPSA) is 84.2 Å². The summed E-state index contributed by atoms with van der Waals surface area (Å²) < 4.78 is 26.9. The summed E-state index contributed by atoms with van der Waals surface area (Å²) in [7, 11) is 1.57. The number of esters is 1. The second-order valence-electron chi connectivity index (χ2n) is 6.29. The van der Waals surface area contributed by atoms with Crippen LogP contribution in [0.4, 0.5) is 0 Å². The van der Waals surface area contributed by atoms with Gasteiger partial charge in [0, 0.05) is 6.07 Å². The van der Waals surface area contributed by atoms with Crippen LogP contribution in [0.2, 0.25) is 0 Å². The number of ether oxygens (including phenoxy) is 4. The number of rotatable bonds is 8. The van der Waals surface area contributed by atoms with E-state index in [4.69, 9.17) is 23.4 Å². The van der Waals surface area contributed by atoms with Crippen molar-refractivity contribution in [3.8, 4) is 23.0 Å². The second-order valence-corrected chi connectivity index (χ2v) is 6.29. The number of carbonyl (C=O) groups excluding carboxylic acids is 1. The molecule has 7 heteroatoms. The Morgan fingerprint density at radius 3 is 2.45 bits per heavy atom. The second kappa shape index (κ2) is 9.14. The standard InChI is InChI=1S/C22H22O7/c1-4-11-26-22(24)14(2)28-17-9-10-18-19(12-17)27-13-20(21(18)23)29-16-7-5-15(25-3)6-8-16/h5-10,12-14H,4,11H2,1-3H3/t14-/m1/s1. The third-order valence-corrected chi connectivity index (χ3v) is 4.09. The molecule has 0 aliphatic heterocycles. The molecule has 0 fully saturated rings. The van der Waals surface area contributed by atoms with Crippen molar-refractivity contribution in [3.05, 3.63) is 59.0 Å². The van der Waals surface area contributed by atoms with Crippen molar-refractivity contribution >= 4 is 16.9 Å². The van der Waals surface area contributed by atoms with Gasteiger partial charge < -0.3 is 23.4 Å². The van der Waals surface area contributed by atoms with E-state index in [1.165, 1.54) is 6.26 Å². The third-order valence-electron chi connectivity index (χ3n) is 4.09. The van der Waals surface area contributed by atoms with Gasteiger partial charge in [0.1, 0.15) is 29.1 Å². The van der Waals surface area contributed by atoms with Gasteiger partial charge >= 0.3 is 5.97 Å². The molecular formula is C22H22O7. The maximum atomic E-state index is 12.7. The van der Waals surface area contributed by atoms with Crippen molar-refractivity contribution in [3.63, 3.8) is 0 Å². The Hall–Kier alpha value is -3.48. The summed E-state index contributed by atoms with van der Waals surface area (Å²) in [6, 6.07) is 11.6. The fourth-order valence-corrected chi connectivity index (χ4v) is 2.58. The monoisotopic (exact) mass is 398 g/mol. The first-order valence-corrected chi connectivity index (χ1v) is 9.22. The number of hydrogen-bond donors (Lipinski definition) is 0. The predicted molar refractivity (Wildman–Crippen MR) is 107 cm³/mol. The van der Waals surface area contributed by atoms with E-state index in [0.717, 1.165) is 6.42 Å². The van der Waals surface area contributed by atoms with Gasteiger partial charge in [-0.15, -0.1) is 0 Å². The van der Waals surface area contributed by atoms with Crippen LogP contribution >= 0.6 is 0 Å². The van der Waals surface area contributed by atoms with Crippen LogP contribution in [0.5, 0.6) is 23.0 Å². The fraction of sp³-hybridized carbons (Fsp3) is 0.273. The predicted octanol–water partition coefficient (Wildman–Crippen LogP) is 4.31. The molecule has 2 aromatic carbocycles. The lowest BCUT2D eigenvalue weighted by molar-refractivity contribution is -0.151. The molecule has 1 atom stereocenters. The normalized spacial score (nSPS) is 11.7. The molecule has 29 heavy (non-hydrogen) atoms. The van der Waals surface area contributed by atoms with Crippen LogP contribution in [0.3, 0.4) is 0 Å². The molecule has 0 spiro atoms. The largest absolute Gasteiger partial charge is 0.497 e. The van der Waals surface area contributed by atoms with Crippen molar-refractivity contribution in [2.24, 2.45) is 0 Å². The maximum Gasteiger partial charge on any atom is 0.347 e. The van der Waals surface area contributed by atoms with Gasteiger partial charge in [0.05, 0.1) is 19.1 Å². The lowest BCUT2D eigenvalue weighted by Crippen LogP contribution is -2.26. The van der Waals surface area contributed by atoms with Crippen LogP contribution in [-0.2, 0) is 9.53 Å². The molecule has 0 saturated carbocycles. The van der Waals surface area contributed by atoms with E-state index in [2.05, 4.69) is 0 Å². The zero-order valence-electron chi connectivity index (χ0n) is 16.5. The van der Waals surface area contributed by atoms with Crippen LogP contribution < -0.4 is 19.6 Å². The summed E-state index contributed by atoms with van der Waals surface area (Å²) in [4.78, 5) is 24.5. The Kier molecular flexibility index (Phi) is 6.39. The molecule has 0 radical (unpaired) electrons. The molecule has 1 heterocycles. The van der Waals surface area contributed by atoms with E-state index in [1.807, 2.05) is 6.92 Å². The van der Waals surface area contributed by atoms with Crippen LogP contribution in [0, 0.1) is 0 Å². The molecular weight excluding hydrogens is 376 g/mol. The first-order valence-electron chi connectivity index (χ1n) is 9.22. The van der Waals surface area contributed by atoms with Gasteiger partial charge in [0.25, 0.3) is 0 Å². The molecule has 152 valence electrons. The highest BCUT2D eigenvalue weighted by molar-refractivity contribution is 5.79. The molecule has 0 aliphatic carbocycles. The van der Waals surface area contributed by atoms with Gasteiger partial charge in [-0.2, -0.15) is 0 Å².